The van der Waals surface area contributed by atoms with Crippen LogP contribution in [0.1, 0.15) is 38.2 Å². The maximum Gasteiger partial charge on any atom is 0.0374 e. The van der Waals surface area contributed by atoms with E-state index < -0.39 is 0 Å². The van der Waals surface area contributed by atoms with Crippen LogP contribution in [0.2, 0.25) is 0 Å². The Labute approximate surface area is 98.2 Å². The third-order valence-corrected chi connectivity index (χ3v) is 3.37. The molecule has 0 bridgehead atoms. The summed E-state index contributed by atoms with van der Waals surface area (Å²) in [7, 11) is 0. The molecule has 0 spiro atoms. The molecule has 2 unspecified atom stereocenters. The van der Waals surface area contributed by atoms with Gasteiger partial charge in [0, 0.05) is 17.8 Å². The van der Waals surface area contributed by atoms with Crippen molar-refractivity contribution in [3.05, 3.63) is 29.8 Å². The summed E-state index contributed by atoms with van der Waals surface area (Å²) in [5.41, 5.74) is 8.68. The van der Waals surface area contributed by atoms with E-state index in [1.807, 2.05) is 0 Å². The summed E-state index contributed by atoms with van der Waals surface area (Å²) in [4.78, 5) is 0. The van der Waals surface area contributed by atoms with E-state index in [-0.39, 0.29) is 0 Å². The van der Waals surface area contributed by atoms with Crippen LogP contribution in [-0.2, 0) is 6.42 Å². The number of nitrogens with two attached hydrogens (primary N) is 1. The number of para-hydroxylation sites is 1. The van der Waals surface area contributed by atoms with Crippen LogP contribution in [0.5, 0.6) is 0 Å². The van der Waals surface area contributed by atoms with Crippen LogP contribution in [0, 0.1) is 0 Å². The molecule has 1 saturated carbocycles. The monoisotopic (exact) mass is 218 g/mol. The average Bonchev–Trinajstić information content (AvgIpc) is 2.67. The van der Waals surface area contributed by atoms with Crippen LogP contribution >= 0.6 is 0 Å². The Hall–Kier alpha value is -1.02. The molecule has 1 aliphatic carbocycles. The molecule has 0 saturated heterocycles. The normalized spacial score (nSPS) is 24.6. The number of hydrogen-bond donors (Lipinski definition) is 2. The summed E-state index contributed by atoms with van der Waals surface area (Å²) >= 11 is 0. The third-order valence-electron chi connectivity index (χ3n) is 3.37. The van der Waals surface area contributed by atoms with Crippen LogP contribution in [0.3, 0.4) is 0 Å². The summed E-state index contributed by atoms with van der Waals surface area (Å²) in [5, 5.41) is 3.64. The minimum atomic E-state index is 0.399. The first-order valence-corrected chi connectivity index (χ1v) is 6.39. The molecular weight excluding hydrogens is 196 g/mol. The second-order valence-electron chi connectivity index (χ2n) is 4.82. The first kappa shape index (κ1) is 11.5. The fourth-order valence-corrected chi connectivity index (χ4v) is 2.52. The van der Waals surface area contributed by atoms with Gasteiger partial charge in [-0.25, -0.2) is 0 Å². The lowest BCUT2D eigenvalue weighted by Gasteiger charge is -2.17. The van der Waals surface area contributed by atoms with Crippen molar-refractivity contribution < 1.29 is 0 Å². The summed E-state index contributed by atoms with van der Waals surface area (Å²) in [5.74, 6) is 0. The van der Waals surface area contributed by atoms with Crippen molar-refractivity contribution >= 4 is 5.69 Å². The van der Waals surface area contributed by atoms with Gasteiger partial charge >= 0.3 is 0 Å². The van der Waals surface area contributed by atoms with Gasteiger partial charge in [0.2, 0.25) is 0 Å². The highest BCUT2D eigenvalue weighted by Crippen LogP contribution is 2.24. The van der Waals surface area contributed by atoms with Crippen molar-refractivity contribution in [3.63, 3.8) is 0 Å². The lowest BCUT2D eigenvalue weighted by Crippen LogP contribution is -2.21. The molecule has 0 heterocycles. The number of rotatable bonds is 4. The van der Waals surface area contributed by atoms with E-state index in [1.54, 1.807) is 0 Å². The van der Waals surface area contributed by atoms with Gasteiger partial charge in [0.25, 0.3) is 0 Å². The van der Waals surface area contributed by atoms with Gasteiger partial charge in [-0.3, -0.25) is 0 Å². The van der Waals surface area contributed by atoms with Gasteiger partial charge in [-0.15, -0.1) is 0 Å². The van der Waals surface area contributed by atoms with Crippen LogP contribution in [0.25, 0.3) is 0 Å². The Kier molecular flexibility index (Phi) is 3.83. The molecule has 1 aromatic rings. The molecule has 88 valence electrons. The highest BCUT2D eigenvalue weighted by Gasteiger charge is 2.21. The molecular formula is C14H22N2. The second kappa shape index (κ2) is 5.35. The summed E-state index contributed by atoms with van der Waals surface area (Å²) in [6.45, 7) is 2.22. The predicted octanol–water partition coefficient (Wildman–Crippen LogP) is 2.93. The van der Waals surface area contributed by atoms with Crippen LogP contribution in [-0.4, -0.2) is 12.1 Å². The minimum Gasteiger partial charge on any atom is -0.382 e. The number of hydrogen-bond acceptors (Lipinski definition) is 2. The highest BCUT2D eigenvalue weighted by atomic mass is 14.9. The summed E-state index contributed by atoms with van der Waals surface area (Å²) < 4.78 is 0. The molecule has 3 N–H and O–H groups in total. The predicted molar refractivity (Wildman–Crippen MR) is 69.7 cm³/mol. The van der Waals surface area contributed by atoms with Gasteiger partial charge in [-0.1, -0.05) is 31.5 Å². The molecule has 1 fully saturated rings. The number of anilines is 1. The lowest BCUT2D eigenvalue weighted by molar-refractivity contribution is 0.687. The molecule has 0 radical (unpaired) electrons. The van der Waals surface area contributed by atoms with E-state index >= 15 is 0 Å². The zero-order valence-electron chi connectivity index (χ0n) is 10.1. The molecule has 2 rings (SSSR count). The molecule has 2 heteroatoms. The Morgan fingerprint density at radius 1 is 1.31 bits per heavy atom. The summed E-state index contributed by atoms with van der Waals surface area (Å²) in [6.07, 6.45) is 5.83. The van der Waals surface area contributed by atoms with Gasteiger partial charge in [0.1, 0.15) is 0 Å². The van der Waals surface area contributed by atoms with E-state index in [0.29, 0.717) is 12.1 Å². The van der Waals surface area contributed by atoms with Crippen molar-refractivity contribution in [1.29, 1.82) is 0 Å². The molecule has 2 nitrogen and oxygen atoms in total. The van der Waals surface area contributed by atoms with Crippen LogP contribution in [0.4, 0.5) is 5.69 Å². The Bertz CT molecular complexity index is 335. The number of nitrogens with one attached hydrogen (secondary N) is 1. The van der Waals surface area contributed by atoms with Gasteiger partial charge in [0.15, 0.2) is 0 Å². The van der Waals surface area contributed by atoms with E-state index in [4.69, 9.17) is 5.73 Å². The Morgan fingerprint density at radius 3 is 2.81 bits per heavy atom. The Morgan fingerprint density at radius 2 is 2.12 bits per heavy atom. The topological polar surface area (TPSA) is 38.0 Å². The zero-order chi connectivity index (χ0) is 11.4. The second-order valence-corrected chi connectivity index (χ2v) is 4.82. The molecule has 0 aromatic heterocycles. The van der Waals surface area contributed by atoms with E-state index in [0.717, 1.165) is 19.3 Å². The zero-order valence-corrected chi connectivity index (χ0v) is 10.1. The minimum absolute atomic E-state index is 0.399. The molecule has 16 heavy (non-hydrogen) atoms. The van der Waals surface area contributed by atoms with Crippen LogP contribution < -0.4 is 11.1 Å². The number of aryl methyl sites for hydroxylation is 1. The standard InChI is InChI=1S/C14H22N2/c1-2-5-11-6-3-4-7-14(11)16-13-9-8-12(15)10-13/h3-4,6-7,12-13,16H,2,5,8-10,15H2,1H3. The fourth-order valence-electron chi connectivity index (χ4n) is 2.52. The van der Waals surface area contributed by atoms with Gasteiger partial charge in [-0.2, -0.15) is 0 Å². The first-order valence-electron chi connectivity index (χ1n) is 6.39. The van der Waals surface area contributed by atoms with Gasteiger partial charge in [0.05, 0.1) is 0 Å². The average molecular weight is 218 g/mol. The third kappa shape index (κ3) is 2.76. The van der Waals surface area contributed by atoms with Crippen molar-refractivity contribution in [2.75, 3.05) is 5.32 Å². The first-order chi connectivity index (χ1) is 7.79. The van der Waals surface area contributed by atoms with Gasteiger partial charge in [-0.05, 0) is 37.3 Å². The smallest absolute Gasteiger partial charge is 0.0374 e. The molecule has 2 atom stereocenters. The molecule has 1 aliphatic rings. The quantitative estimate of drug-likeness (QED) is 0.815. The highest BCUT2D eigenvalue weighted by molar-refractivity contribution is 5.52. The van der Waals surface area contributed by atoms with E-state index in [9.17, 15) is 0 Å². The van der Waals surface area contributed by atoms with Crippen molar-refractivity contribution in [3.8, 4) is 0 Å². The van der Waals surface area contributed by atoms with Crippen molar-refractivity contribution in [1.82, 2.24) is 0 Å². The van der Waals surface area contributed by atoms with Gasteiger partial charge < -0.3 is 11.1 Å². The SMILES string of the molecule is CCCc1ccccc1NC1CCC(N)C1. The van der Waals surface area contributed by atoms with E-state index in [1.165, 1.54) is 24.1 Å². The Balaban J connectivity index is 2.02. The largest absolute Gasteiger partial charge is 0.382 e. The van der Waals surface area contributed by atoms with E-state index in [2.05, 4.69) is 36.5 Å². The fraction of sp³-hybridized carbons (Fsp3) is 0.571. The maximum absolute atomic E-state index is 5.94. The molecule has 1 aromatic carbocycles. The molecule has 0 amide bonds. The van der Waals surface area contributed by atoms with Crippen molar-refractivity contribution in [2.45, 2.75) is 51.1 Å². The molecule has 0 aliphatic heterocycles. The van der Waals surface area contributed by atoms with Crippen molar-refractivity contribution in [2.24, 2.45) is 5.73 Å². The van der Waals surface area contributed by atoms with Crippen LogP contribution in [0.15, 0.2) is 24.3 Å². The summed E-state index contributed by atoms with van der Waals surface area (Å²) in [6, 6.07) is 9.62. The number of benzene rings is 1. The maximum atomic E-state index is 5.94. The lowest BCUT2D eigenvalue weighted by atomic mass is 10.1.